The Bertz CT molecular complexity index is 721. The number of nitrogens with one attached hydrogen (secondary N) is 1. The minimum absolute atomic E-state index is 0.0503. The summed E-state index contributed by atoms with van der Waals surface area (Å²) in [6, 6.07) is 12.2. The van der Waals surface area contributed by atoms with Crippen molar-refractivity contribution in [3.63, 3.8) is 0 Å². The van der Waals surface area contributed by atoms with Crippen LogP contribution in [0.5, 0.6) is 0 Å². The number of carbonyl (C=O) groups excluding carboxylic acids is 2. The molecule has 4 nitrogen and oxygen atoms in total. The van der Waals surface area contributed by atoms with Crippen molar-refractivity contribution in [3.05, 3.63) is 69.7 Å². The van der Waals surface area contributed by atoms with Gasteiger partial charge in [-0.2, -0.15) is 0 Å². The molecule has 1 atom stereocenters. The lowest BCUT2D eigenvalue weighted by Gasteiger charge is -2.19. The molecule has 1 amide bonds. The summed E-state index contributed by atoms with van der Waals surface area (Å²) in [7, 11) is 1.33. The van der Waals surface area contributed by atoms with Gasteiger partial charge >= 0.3 is 5.97 Å². The van der Waals surface area contributed by atoms with Gasteiger partial charge in [-0.25, -0.2) is 0 Å². The number of hydrogen-bond donors (Lipinski definition) is 1. The van der Waals surface area contributed by atoms with Crippen molar-refractivity contribution in [2.45, 2.75) is 26.3 Å². The summed E-state index contributed by atoms with van der Waals surface area (Å²) in [5, 5.41) is 3.50. The van der Waals surface area contributed by atoms with Crippen molar-refractivity contribution in [2.24, 2.45) is 0 Å². The Morgan fingerprint density at radius 3 is 2.21 bits per heavy atom. The van der Waals surface area contributed by atoms with Crippen LogP contribution in [0.4, 0.5) is 0 Å². The number of esters is 1. The SMILES string of the molecule is COC(=O)CC(NC(=O)c1cc(C)cc(C)c1)c1ccc(Cl)cc1. The van der Waals surface area contributed by atoms with Crippen LogP contribution >= 0.6 is 11.6 Å². The first kappa shape index (κ1) is 18.0. The van der Waals surface area contributed by atoms with Crippen LogP contribution in [0.25, 0.3) is 0 Å². The topological polar surface area (TPSA) is 55.4 Å². The van der Waals surface area contributed by atoms with E-state index in [4.69, 9.17) is 16.3 Å². The average Bonchev–Trinajstić information content (AvgIpc) is 2.53. The maximum absolute atomic E-state index is 12.6. The minimum atomic E-state index is -0.483. The molecule has 0 saturated carbocycles. The number of carbonyl (C=O) groups is 2. The molecule has 0 aliphatic heterocycles. The predicted molar refractivity (Wildman–Crippen MR) is 94.2 cm³/mol. The average molecular weight is 346 g/mol. The van der Waals surface area contributed by atoms with Gasteiger partial charge in [0.2, 0.25) is 0 Å². The van der Waals surface area contributed by atoms with E-state index in [1.807, 2.05) is 32.0 Å². The predicted octanol–water partition coefficient (Wildman–Crippen LogP) is 3.99. The number of methoxy groups -OCH3 is 1. The molecule has 2 aromatic carbocycles. The van der Waals surface area contributed by atoms with Crippen LogP contribution in [0.3, 0.4) is 0 Å². The van der Waals surface area contributed by atoms with E-state index in [1.54, 1.807) is 24.3 Å². The monoisotopic (exact) mass is 345 g/mol. The van der Waals surface area contributed by atoms with Gasteiger partial charge in [-0.3, -0.25) is 9.59 Å². The molecule has 0 saturated heterocycles. The molecule has 126 valence electrons. The van der Waals surface area contributed by atoms with Crippen molar-refractivity contribution >= 4 is 23.5 Å². The van der Waals surface area contributed by atoms with Gasteiger partial charge in [-0.15, -0.1) is 0 Å². The third-order valence-electron chi connectivity index (χ3n) is 3.66. The highest BCUT2D eigenvalue weighted by Crippen LogP contribution is 2.21. The number of hydrogen-bond acceptors (Lipinski definition) is 3. The summed E-state index contributed by atoms with van der Waals surface area (Å²) in [6.45, 7) is 3.88. The molecule has 0 heterocycles. The second kappa shape index (κ2) is 7.97. The zero-order chi connectivity index (χ0) is 17.7. The van der Waals surface area contributed by atoms with Crippen LogP contribution in [-0.2, 0) is 9.53 Å². The van der Waals surface area contributed by atoms with E-state index in [9.17, 15) is 9.59 Å². The molecule has 1 unspecified atom stereocenters. The molecular formula is C19H20ClNO3. The Hall–Kier alpha value is -2.33. The fourth-order valence-electron chi connectivity index (χ4n) is 2.54. The largest absolute Gasteiger partial charge is 0.469 e. The zero-order valence-corrected chi connectivity index (χ0v) is 14.7. The number of amides is 1. The van der Waals surface area contributed by atoms with Gasteiger partial charge in [0.25, 0.3) is 5.91 Å². The summed E-state index contributed by atoms with van der Waals surface area (Å²) in [5.41, 5.74) is 3.38. The van der Waals surface area contributed by atoms with Gasteiger partial charge in [0, 0.05) is 10.6 Å². The fraction of sp³-hybridized carbons (Fsp3) is 0.263. The van der Waals surface area contributed by atoms with E-state index in [-0.39, 0.29) is 12.3 Å². The Morgan fingerprint density at radius 1 is 1.08 bits per heavy atom. The number of ether oxygens (including phenoxy) is 1. The van der Waals surface area contributed by atoms with Gasteiger partial charge in [0.05, 0.1) is 19.6 Å². The molecule has 0 radical (unpaired) electrons. The van der Waals surface area contributed by atoms with Crippen molar-refractivity contribution in [3.8, 4) is 0 Å². The lowest BCUT2D eigenvalue weighted by Crippen LogP contribution is -2.30. The second-order valence-electron chi connectivity index (χ2n) is 5.73. The smallest absolute Gasteiger partial charge is 0.307 e. The summed E-state index contributed by atoms with van der Waals surface area (Å²) in [4.78, 5) is 24.3. The molecule has 24 heavy (non-hydrogen) atoms. The van der Waals surface area contributed by atoms with E-state index >= 15 is 0 Å². The molecule has 1 N–H and O–H groups in total. The van der Waals surface area contributed by atoms with Crippen LogP contribution in [0.2, 0.25) is 5.02 Å². The van der Waals surface area contributed by atoms with Crippen LogP contribution in [0.1, 0.15) is 39.5 Å². The lowest BCUT2D eigenvalue weighted by atomic mass is 10.0. The van der Waals surface area contributed by atoms with E-state index in [2.05, 4.69) is 5.32 Å². The quantitative estimate of drug-likeness (QED) is 0.833. The number of rotatable bonds is 5. The number of halogens is 1. The Balaban J connectivity index is 2.25. The minimum Gasteiger partial charge on any atom is -0.469 e. The molecule has 0 spiro atoms. The number of aryl methyl sites for hydroxylation is 2. The van der Waals surface area contributed by atoms with Crippen molar-refractivity contribution in [2.75, 3.05) is 7.11 Å². The second-order valence-corrected chi connectivity index (χ2v) is 6.17. The van der Waals surface area contributed by atoms with Gasteiger partial charge in [-0.05, 0) is 43.7 Å². The van der Waals surface area contributed by atoms with E-state index in [0.717, 1.165) is 16.7 Å². The Labute approximate surface area is 146 Å². The highest BCUT2D eigenvalue weighted by Gasteiger charge is 2.20. The summed E-state index contributed by atoms with van der Waals surface area (Å²) < 4.78 is 4.74. The van der Waals surface area contributed by atoms with E-state index < -0.39 is 12.0 Å². The van der Waals surface area contributed by atoms with Gasteiger partial charge in [0.15, 0.2) is 0 Å². The Morgan fingerprint density at radius 2 is 1.67 bits per heavy atom. The fourth-order valence-corrected chi connectivity index (χ4v) is 2.67. The molecular weight excluding hydrogens is 326 g/mol. The molecule has 2 rings (SSSR count). The molecule has 0 bridgehead atoms. The highest BCUT2D eigenvalue weighted by molar-refractivity contribution is 6.30. The normalized spacial score (nSPS) is 11.7. The first-order valence-electron chi connectivity index (χ1n) is 7.60. The standard InChI is InChI=1S/C19H20ClNO3/c1-12-8-13(2)10-15(9-12)19(23)21-17(11-18(22)24-3)14-4-6-16(20)7-5-14/h4-10,17H,11H2,1-3H3,(H,21,23). The van der Waals surface area contributed by atoms with Crippen LogP contribution in [0.15, 0.2) is 42.5 Å². The molecule has 0 aliphatic rings. The summed E-state index contributed by atoms with van der Waals surface area (Å²) in [6.07, 6.45) is 0.0503. The van der Waals surface area contributed by atoms with Crippen molar-refractivity contribution in [1.29, 1.82) is 0 Å². The van der Waals surface area contributed by atoms with Gasteiger partial charge in [-0.1, -0.05) is 40.9 Å². The van der Waals surface area contributed by atoms with Gasteiger partial charge in [0.1, 0.15) is 0 Å². The van der Waals surface area contributed by atoms with E-state index in [1.165, 1.54) is 7.11 Å². The van der Waals surface area contributed by atoms with Crippen LogP contribution in [0, 0.1) is 13.8 Å². The lowest BCUT2D eigenvalue weighted by molar-refractivity contribution is -0.141. The first-order valence-corrected chi connectivity index (χ1v) is 7.98. The van der Waals surface area contributed by atoms with Gasteiger partial charge < -0.3 is 10.1 Å². The summed E-state index contributed by atoms with van der Waals surface area (Å²) >= 11 is 5.91. The number of benzene rings is 2. The van der Waals surface area contributed by atoms with Crippen molar-refractivity contribution < 1.29 is 14.3 Å². The van der Waals surface area contributed by atoms with Crippen molar-refractivity contribution in [1.82, 2.24) is 5.32 Å². The molecule has 0 aliphatic carbocycles. The summed E-state index contributed by atoms with van der Waals surface area (Å²) in [5.74, 6) is -0.624. The first-order chi connectivity index (χ1) is 11.4. The highest BCUT2D eigenvalue weighted by atomic mass is 35.5. The maximum atomic E-state index is 12.6. The molecule has 2 aromatic rings. The third-order valence-corrected chi connectivity index (χ3v) is 3.91. The molecule has 0 aromatic heterocycles. The molecule has 0 fully saturated rings. The Kier molecular flexibility index (Phi) is 5.99. The maximum Gasteiger partial charge on any atom is 0.307 e. The van der Waals surface area contributed by atoms with Crippen LogP contribution in [-0.4, -0.2) is 19.0 Å². The molecule has 5 heteroatoms. The van der Waals surface area contributed by atoms with E-state index in [0.29, 0.717) is 10.6 Å². The van der Waals surface area contributed by atoms with Crippen LogP contribution < -0.4 is 5.32 Å². The third kappa shape index (κ3) is 4.83. The zero-order valence-electron chi connectivity index (χ0n) is 13.9.